The van der Waals surface area contributed by atoms with E-state index in [1.54, 1.807) is 13.8 Å². The number of carbonyl (C=O) groups excluding carboxylic acids is 1. The van der Waals surface area contributed by atoms with Gasteiger partial charge in [-0.05, 0) is 45.0 Å². The number of benzene rings is 1. The number of esters is 1. The number of nitrogens with zero attached hydrogens (tertiary/aromatic N) is 1. The fourth-order valence-electron chi connectivity index (χ4n) is 1.89. The Kier molecular flexibility index (Phi) is 4.40. The molecule has 2 aromatic rings. The van der Waals surface area contributed by atoms with Gasteiger partial charge in [0.1, 0.15) is 22.8 Å². The predicted octanol–water partition coefficient (Wildman–Crippen LogP) is 3.23. The molecule has 5 heteroatoms. The maximum atomic E-state index is 11.9. The van der Waals surface area contributed by atoms with Crippen LogP contribution in [0.4, 0.5) is 0 Å². The van der Waals surface area contributed by atoms with Crippen LogP contribution in [0.2, 0.25) is 0 Å². The average molecular weight is 275 g/mol. The molecule has 0 radical (unpaired) electrons. The lowest BCUT2D eigenvalue weighted by Gasteiger charge is -2.05. The quantitative estimate of drug-likeness (QED) is 0.784. The Bertz CT molecular complexity index is 586. The summed E-state index contributed by atoms with van der Waals surface area (Å²) >= 11 is 0. The molecule has 0 amide bonds. The van der Waals surface area contributed by atoms with Gasteiger partial charge in [-0.3, -0.25) is 0 Å². The molecule has 0 unspecified atom stereocenters. The smallest absolute Gasteiger partial charge is 0.344 e. The SMILES string of the molecule is CCOC(=O)c1c(-c2ccc(OCC)cc2)noc1C. The van der Waals surface area contributed by atoms with E-state index < -0.39 is 5.97 Å². The van der Waals surface area contributed by atoms with Gasteiger partial charge in [0.2, 0.25) is 0 Å². The summed E-state index contributed by atoms with van der Waals surface area (Å²) in [4.78, 5) is 11.9. The molecule has 1 aromatic carbocycles. The van der Waals surface area contributed by atoms with E-state index in [1.807, 2.05) is 31.2 Å². The van der Waals surface area contributed by atoms with Gasteiger partial charge >= 0.3 is 5.97 Å². The van der Waals surface area contributed by atoms with Crippen LogP contribution in [0.25, 0.3) is 11.3 Å². The van der Waals surface area contributed by atoms with E-state index in [0.29, 0.717) is 30.2 Å². The average Bonchev–Trinajstić information content (AvgIpc) is 2.82. The van der Waals surface area contributed by atoms with Gasteiger partial charge < -0.3 is 14.0 Å². The molecule has 0 aliphatic rings. The van der Waals surface area contributed by atoms with Crippen LogP contribution in [-0.2, 0) is 4.74 Å². The van der Waals surface area contributed by atoms with Crippen molar-refractivity contribution in [3.8, 4) is 17.0 Å². The van der Waals surface area contributed by atoms with Crippen molar-refractivity contribution >= 4 is 5.97 Å². The summed E-state index contributed by atoms with van der Waals surface area (Å²) in [5.41, 5.74) is 1.65. The van der Waals surface area contributed by atoms with E-state index in [4.69, 9.17) is 14.0 Å². The minimum atomic E-state index is -0.421. The Morgan fingerprint density at radius 1 is 1.20 bits per heavy atom. The molecule has 0 atom stereocenters. The van der Waals surface area contributed by atoms with E-state index in [0.717, 1.165) is 11.3 Å². The van der Waals surface area contributed by atoms with Crippen LogP contribution in [0.1, 0.15) is 30.0 Å². The number of rotatable bonds is 5. The molecule has 0 spiro atoms. The Morgan fingerprint density at radius 3 is 2.50 bits per heavy atom. The predicted molar refractivity (Wildman–Crippen MR) is 73.8 cm³/mol. The van der Waals surface area contributed by atoms with E-state index in [2.05, 4.69) is 5.16 Å². The molecule has 0 saturated carbocycles. The van der Waals surface area contributed by atoms with Crippen LogP contribution in [0.15, 0.2) is 28.8 Å². The van der Waals surface area contributed by atoms with Crippen LogP contribution in [0.3, 0.4) is 0 Å². The van der Waals surface area contributed by atoms with E-state index in [9.17, 15) is 4.79 Å². The molecule has 0 N–H and O–H groups in total. The van der Waals surface area contributed by atoms with Crippen molar-refractivity contribution in [3.05, 3.63) is 35.6 Å². The Labute approximate surface area is 117 Å². The first kappa shape index (κ1) is 14.1. The second-order valence-electron chi connectivity index (χ2n) is 4.14. The highest BCUT2D eigenvalue weighted by Gasteiger charge is 2.22. The van der Waals surface area contributed by atoms with Gasteiger partial charge in [0.05, 0.1) is 13.2 Å². The number of ether oxygens (including phenoxy) is 2. The van der Waals surface area contributed by atoms with Crippen molar-refractivity contribution < 1.29 is 18.8 Å². The van der Waals surface area contributed by atoms with Crippen LogP contribution >= 0.6 is 0 Å². The molecule has 20 heavy (non-hydrogen) atoms. The molecule has 5 nitrogen and oxygen atoms in total. The van der Waals surface area contributed by atoms with Crippen molar-refractivity contribution in [2.75, 3.05) is 13.2 Å². The lowest BCUT2D eigenvalue weighted by Crippen LogP contribution is -2.06. The molecule has 0 bridgehead atoms. The highest BCUT2D eigenvalue weighted by atomic mass is 16.5. The highest BCUT2D eigenvalue weighted by molar-refractivity contribution is 5.97. The van der Waals surface area contributed by atoms with E-state index >= 15 is 0 Å². The van der Waals surface area contributed by atoms with Gasteiger partial charge in [-0.1, -0.05) is 5.16 Å². The van der Waals surface area contributed by atoms with Gasteiger partial charge in [-0.2, -0.15) is 0 Å². The van der Waals surface area contributed by atoms with Gasteiger partial charge in [-0.15, -0.1) is 0 Å². The first-order valence-corrected chi connectivity index (χ1v) is 6.54. The summed E-state index contributed by atoms with van der Waals surface area (Å²) in [5, 5.41) is 3.95. The van der Waals surface area contributed by atoms with E-state index in [1.165, 1.54) is 0 Å². The Morgan fingerprint density at radius 2 is 1.90 bits per heavy atom. The zero-order chi connectivity index (χ0) is 14.5. The van der Waals surface area contributed by atoms with Crippen molar-refractivity contribution in [1.82, 2.24) is 5.16 Å². The Hall–Kier alpha value is -2.30. The molecule has 106 valence electrons. The van der Waals surface area contributed by atoms with Crippen LogP contribution in [0, 0.1) is 6.92 Å². The fourth-order valence-corrected chi connectivity index (χ4v) is 1.89. The third-order valence-electron chi connectivity index (χ3n) is 2.78. The lowest BCUT2D eigenvalue weighted by molar-refractivity contribution is 0.0525. The number of aryl methyl sites for hydroxylation is 1. The molecular formula is C15H17NO4. The number of hydrogen-bond acceptors (Lipinski definition) is 5. The summed E-state index contributed by atoms with van der Waals surface area (Å²) in [7, 11) is 0. The van der Waals surface area contributed by atoms with Gasteiger partial charge in [0, 0.05) is 5.56 Å². The number of carbonyl (C=O) groups is 1. The highest BCUT2D eigenvalue weighted by Crippen LogP contribution is 2.27. The molecular weight excluding hydrogens is 258 g/mol. The topological polar surface area (TPSA) is 61.6 Å². The second-order valence-corrected chi connectivity index (χ2v) is 4.14. The molecule has 0 fully saturated rings. The molecule has 0 saturated heterocycles. The number of hydrogen-bond donors (Lipinski definition) is 0. The third-order valence-corrected chi connectivity index (χ3v) is 2.78. The summed E-state index contributed by atoms with van der Waals surface area (Å²) in [6.45, 7) is 6.30. The molecule has 1 heterocycles. The van der Waals surface area contributed by atoms with E-state index in [-0.39, 0.29) is 0 Å². The third kappa shape index (κ3) is 2.82. The summed E-state index contributed by atoms with van der Waals surface area (Å²) in [5.74, 6) is 0.802. The van der Waals surface area contributed by atoms with Crippen LogP contribution in [0.5, 0.6) is 5.75 Å². The van der Waals surface area contributed by atoms with Crippen molar-refractivity contribution in [3.63, 3.8) is 0 Å². The lowest BCUT2D eigenvalue weighted by atomic mass is 10.1. The van der Waals surface area contributed by atoms with Crippen LogP contribution < -0.4 is 4.74 Å². The van der Waals surface area contributed by atoms with Gasteiger partial charge in [-0.25, -0.2) is 4.79 Å². The first-order valence-electron chi connectivity index (χ1n) is 6.54. The molecule has 2 rings (SSSR count). The second kappa shape index (κ2) is 6.23. The molecule has 0 aliphatic heterocycles. The zero-order valence-corrected chi connectivity index (χ0v) is 11.8. The Balaban J connectivity index is 2.35. The normalized spacial score (nSPS) is 10.3. The fraction of sp³-hybridized carbons (Fsp3) is 0.333. The summed E-state index contributed by atoms with van der Waals surface area (Å²) < 4.78 is 15.5. The maximum Gasteiger partial charge on any atom is 0.344 e. The van der Waals surface area contributed by atoms with Gasteiger partial charge in [0.15, 0.2) is 0 Å². The first-order chi connectivity index (χ1) is 9.67. The number of aromatic nitrogens is 1. The van der Waals surface area contributed by atoms with Crippen molar-refractivity contribution in [2.45, 2.75) is 20.8 Å². The summed E-state index contributed by atoms with van der Waals surface area (Å²) in [6.07, 6.45) is 0. The molecule has 0 aliphatic carbocycles. The van der Waals surface area contributed by atoms with Crippen molar-refractivity contribution in [1.29, 1.82) is 0 Å². The van der Waals surface area contributed by atoms with Crippen LogP contribution in [-0.4, -0.2) is 24.3 Å². The minimum Gasteiger partial charge on any atom is -0.494 e. The monoisotopic (exact) mass is 275 g/mol. The minimum absolute atomic E-state index is 0.312. The van der Waals surface area contributed by atoms with Gasteiger partial charge in [0.25, 0.3) is 0 Å². The molecule has 1 aromatic heterocycles. The largest absolute Gasteiger partial charge is 0.494 e. The summed E-state index contributed by atoms with van der Waals surface area (Å²) in [6, 6.07) is 7.34. The standard InChI is InChI=1S/C15H17NO4/c1-4-18-12-8-6-11(7-9-12)14-13(10(3)20-16-14)15(17)19-5-2/h6-9H,4-5H2,1-3H3. The zero-order valence-electron chi connectivity index (χ0n) is 11.8. The maximum absolute atomic E-state index is 11.9. The van der Waals surface area contributed by atoms with Crippen molar-refractivity contribution in [2.24, 2.45) is 0 Å².